The third-order valence-electron chi connectivity index (χ3n) is 6.46. The first-order valence-corrected chi connectivity index (χ1v) is 11.5. The van der Waals surface area contributed by atoms with E-state index in [1.807, 2.05) is 31.3 Å². The summed E-state index contributed by atoms with van der Waals surface area (Å²) in [6, 6.07) is 9.91. The van der Waals surface area contributed by atoms with E-state index in [-0.39, 0.29) is 11.9 Å². The highest BCUT2D eigenvalue weighted by atomic mass is 19.1. The topological polar surface area (TPSA) is 40.4 Å². The van der Waals surface area contributed by atoms with E-state index in [9.17, 15) is 4.39 Å². The Balaban J connectivity index is 1.16. The van der Waals surface area contributed by atoms with E-state index in [0.717, 1.165) is 36.4 Å². The van der Waals surface area contributed by atoms with Gasteiger partial charge in [-0.1, -0.05) is 35.7 Å². The molecule has 0 bridgehead atoms. The minimum Gasteiger partial charge on any atom is -0.460 e. The molecule has 1 fully saturated rings. The van der Waals surface area contributed by atoms with E-state index in [4.69, 9.17) is 4.42 Å². The number of nitrogens with one attached hydrogen (secondary N) is 2. The van der Waals surface area contributed by atoms with Crippen LogP contribution in [-0.2, 0) is 6.54 Å². The van der Waals surface area contributed by atoms with Crippen LogP contribution in [0.25, 0.3) is 16.9 Å². The molecule has 0 amide bonds. The molecule has 0 radical (unpaired) electrons. The van der Waals surface area contributed by atoms with Crippen molar-refractivity contribution in [2.45, 2.75) is 31.5 Å². The summed E-state index contributed by atoms with van der Waals surface area (Å²) in [5, 5.41) is 6.91. The van der Waals surface area contributed by atoms with Crippen molar-refractivity contribution in [3.8, 4) is 11.3 Å². The molecule has 1 saturated heterocycles. The van der Waals surface area contributed by atoms with E-state index >= 15 is 0 Å². The maximum atomic E-state index is 14.7. The van der Waals surface area contributed by atoms with Crippen LogP contribution in [0, 0.1) is 5.82 Å². The molecule has 2 atom stereocenters. The lowest BCUT2D eigenvalue weighted by atomic mass is 10.0. The molecule has 2 unspecified atom stereocenters. The Morgan fingerprint density at radius 1 is 1.21 bits per heavy atom. The smallest absolute Gasteiger partial charge is 0.134 e. The molecular weight excluding hydrogens is 413 g/mol. The van der Waals surface area contributed by atoms with Gasteiger partial charge in [0, 0.05) is 42.0 Å². The van der Waals surface area contributed by atoms with Gasteiger partial charge in [0.2, 0.25) is 0 Å². The van der Waals surface area contributed by atoms with Crippen LogP contribution in [-0.4, -0.2) is 37.1 Å². The predicted octanol–water partition coefficient (Wildman–Crippen LogP) is 4.94. The molecule has 2 N–H and O–H groups in total. The first-order valence-electron chi connectivity index (χ1n) is 11.5. The highest BCUT2D eigenvalue weighted by Gasteiger charge is 2.23. The molecular formula is C28H28FN3O. The normalized spacial score (nSPS) is 21.6. The zero-order chi connectivity index (χ0) is 22.6. The van der Waals surface area contributed by atoms with Crippen molar-refractivity contribution in [3.05, 3.63) is 101 Å². The van der Waals surface area contributed by atoms with Gasteiger partial charge in [-0.25, -0.2) is 4.39 Å². The van der Waals surface area contributed by atoms with Crippen LogP contribution in [0.5, 0.6) is 0 Å². The van der Waals surface area contributed by atoms with E-state index in [0.29, 0.717) is 23.9 Å². The second-order valence-electron chi connectivity index (χ2n) is 8.61. The Labute approximate surface area is 194 Å². The highest BCUT2D eigenvalue weighted by Crippen LogP contribution is 2.28. The number of hydrogen-bond acceptors (Lipinski definition) is 4. The van der Waals surface area contributed by atoms with E-state index in [1.165, 1.54) is 18.2 Å². The summed E-state index contributed by atoms with van der Waals surface area (Å²) in [5.74, 6) is 1.22. The number of likely N-dealkylation sites (tertiary alicyclic amines) is 1. The van der Waals surface area contributed by atoms with Crippen molar-refractivity contribution in [1.29, 1.82) is 0 Å². The van der Waals surface area contributed by atoms with Gasteiger partial charge < -0.3 is 20.0 Å². The Morgan fingerprint density at radius 2 is 2.15 bits per heavy atom. The molecule has 1 aromatic carbocycles. The van der Waals surface area contributed by atoms with Crippen LogP contribution in [0.4, 0.5) is 4.39 Å². The molecule has 2 aromatic rings. The summed E-state index contributed by atoms with van der Waals surface area (Å²) in [4.78, 5) is 2.45. The minimum absolute atomic E-state index is 0.279. The third kappa shape index (κ3) is 4.88. The van der Waals surface area contributed by atoms with Crippen LogP contribution in [0.2, 0.25) is 0 Å². The van der Waals surface area contributed by atoms with Gasteiger partial charge in [-0.05, 0) is 68.0 Å². The van der Waals surface area contributed by atoms with Crippen molar-refractivity contribution < 1.29 is 8.81 Å². The molecule has 0 spiro atoms. The SMILES string of the molecule is CNC1CCN(C2=CCC(NCc3ccc(-c4ccc(C5=CC=C=C=C5)c(F)c4)o3)C=C2)C1. The van der Waals surface area contributed by atoms with Gasteiger partial charge >= 0.3 is 0 Å². The standard InChI is InChI=1S/C28H28FN3O/c1-30-23-15-16-32(19-23)24-10-8-22(9-11-24)31-18-25-12-14-28(33-25)21-7-13-26(27(29)17-21)20-5-3-2-4-6-20/h3,5-8,10-14,17,22-23,30-31H,9,15-16,18-19H2,1H3. The van der Waals surface area contributed by atoms with Gasteiger partial charge in [0.25, 0.3) is 0 Å². The minimum atomic E-state index is -0.280. The number of hydrogen-bond donors (Lipinski definition) is 2. The maximum absolute atomic E-state index is 14.7. The molecule has 4 nitrogen and oxygen atoms in total. The summed E-state index contributed by atoms with van der Waals surface area (Å²) in [6.07, 6.45) is 14.2. The van der Waals surface area contributed by atoms with Crippen molar-refractivity contribution in [3.63, 3.8) is 0 Å². The summed E-state index contributed by atoms with van der Waals surface area (Å²) in [7, 11) is 2.04. The Kier molecular flexibility index (Phi) is 6.30. The van der Waals surface area contributed by atoms with Crippen LogP contribution in [0.3, 0.4) is 0 Å². The number of halogens is 1. The average Bonchev–Trinajstić information content (AvgIpc) is 3.54. The Bertz CT molecular complexity index is 1220. The summed E-state index contributed by atoms with van der Waals surface area (Å²) >= 11 is 0. The van der Waals surface area contributed by atoms with E-state index in [2.05, 4.69) is 45.2 Å². The molecule has 5 rings (SSSR count). The highest BCUT2D eigenvalue weighted by molar-refractivity contribution is 5.77. The lowest BCUT2D eigenvalue weighted by Gasteiger charge is -2.24. The summed E-state index contributed by atoms with van der Waals surface area (Å²) < 4.78 is 20.7. The number of benzene rings is 1. The molecule has 2 heterocycles. The second-order valence-corrected chi connectivity index (χ2v) is 8.61. The van der Waals surface area contributed by atoms with Crippen LogP contribution in [0.15, 0.2) is 88.4 Å². The maximum Gasteiger partial charge on any atom is 0.134 e. The van der Waals surface area contributed by atoms with Crippen molar-refractivity contribution >= 4 is 5.57 Å². The fourth-order valence-corrected chi connectivity index (χ4v) is 4.50. The number of furan rings is 1. The second kappa shape index (κ2) is 9.66. The number of likely N-dealkylation sites (N-methyl/N-ethyl adjacent to an activating group) is 1. The zero-order valence-corrected chi connectivity index (χ0v) is 18.8. The molecule has 0 saturated carbocycles. The summed E-state index contributed by atoms with van der Waals surface area (Å²) in [5.41, 5.74) is 9.08. The lowest BCUT2D eigenvalue weighted by molar-refractivity contribution is 0.415. The molecule has 1 aromatic heterocycles. The van der Waals surface area contributed by atoms with Crippen LogP contribution >= 0.6 is 0 Å². The lowest BCUT2D eigenvalue weighted by Crippen LogP contribution is -2.31. The van der Waals surface area contributed by atoms with E-state index < -0.39 is 0 Å². The molecule has 1 aliphatic heterocycles. The number of allylic oxidation sites excluding steroid dienone is 5. The number of nitrogens with zero attached hydrogens (tertiary/aromatic N) is 1. The molecule has 2 aliphatic carbocycles. The Morgan fingerprint density at radius 3 is 2.88 bits per heavy atom. The fraction of sp³-hybridized carbons (Fsp3) is 0.286. The molecule has 5 heteroatoms. The average molecular weight is 442 g/mol. The van der Waals surface area contributed by atoms with Gasteiger partial charge in [0.05, 0.1) is 6.54 Å². The van der Waals surface area contributed by atoms with Gasteiger partial charge in [0.1, 0.15) is 17.3 Å². The van der Waals surface area contributed by atoms with Gasteiger partial charge in [-0.2, -0.15) is 0 Å². The van der Waals surface area contributed by atoms with E-state index in [1.54, 1.807) is 18.2 Å². The molecule has 168 valence electrons. The van der Waals surface area contributed by atoms with Gasteiger partial charge in [-0.15, -0.1) is 0 Å². The van der Waals surface area contributed by atoms with Crippen molar-refractivity contribution in [2.24, 2.45) is 0 Å². The fourth-order valence-electron chi connectivity index (χ4n) is 4.50. The largest absolute Gasteiger partial charge is 0.460 e. The zero-order valence-electron chi connectivity index (χ0n) is 18.8. The molecule has 33 heavy (non-hydrogen) atoms. The summed E-state index contributed by atoms with van der Waals surface area (Å²) in [6.45, 7) is 2.81. The first kappa shape index (κ1) is 21.5. The Hall–Kier alpha value is -3.33. The first-order chi connectivity index (χ1) is 16.2. The molecule has 3 aliphatic rings. The third-order valence-corrected chi connectivity index (χ3v) is 6.46. The van der Waals surface area contributed by atoms with Gasteiger partial charge in [0.15, 0.2) is 0 Å². The predicted molar refractivity (Wildman–Crippen MR) is 130 cm³/mol. The van der Waals surface area contributed by atoms with Crippen LogP contribution in [0.1, 0.15) is 24.2 Å². The van der Waals surface area contributed by atoms with Gasteiger partial charge in [-0.3, -0.25) is 0 Å². The monoisotopic (exact) mass is 441 g/mol. The quantitative estimate of drug-likeness (QED) is 0.597. The van der Waals surface area contributed by atoms with Crippen molar-refractivity contribution in [2.75, 3.05) is 20.1 Å². The van der Waals surface area contributed by atoms with Crippen molar-refractivity contribution in [1.82, 2.24) is 15.5 Å². The van der Waals surface area contributed by atoms with Crippen LogP contribution < -0.4 is 10.6 Å². The number of rotatable bonds is 7.